The van der Waals surface area contributed by atoms with Gasteiger partial charge in [-0.25, -0.2) is 4.98 Å². The summed E-state index contributed by atoms with van der Waals surface area (Å²) in [7, 11) is 0. The van der Waals surface area contributed by atoms with Crippen LogP contribution < -0.4 is 16.4 Å². The Kier molecular flexibility index (Phi) is 5.93. The average molecular weight is 354 g/mol. The van der Waals surface area contributed by atoms with E-state index in [1.807, 2.05) is 6.07 Å². The van der Waals surface area contributed by atoms with Gasteiger partial charge in [0.15, 0.2) is 0 Å². The molecule has 1 aliphatic rings. The molecule has 2 heterocycles. The Hall–Kier alpha value is -2.77. The number of pyridine rings is 1. The Labute approximate surface area is 151 Å². The minimum atomic E-state index is -0.573. The highest BCUT2D eigenvalue weighted by molar-refractivity contribution is 6.03. The number of nitrogens with one attached hydrogen (secondary N) is 2. The Morgan fingerprint density at radius 3 is 2.46 bits per heavy atom. The third-order valence-corrected chi connectivity index (χ3v) is 4.39. The van der Waals surface area contributed by atoms with Crippen molar-refractivity contribution in [1.29, 1.82) is 0 Å². The first kappa shape index (κ1) is 18.0. The summed E-state index contributed by atoms with van der Waals surface area (Å²) in [6.07, 6.45) is 3.07. The van der Waals surface area contributed by atoms with Crippen LogP contribution in [0.2, 0.25) is 0 Å². The highest BCUT2D eigenvalue weighted by Gasteiger charge is 2.26. The van der Waals surface area contributed by atoms with E-state index < -0.39 is 6.04 Å². The predicted molar refractivity (Wildman–Crippen MR) is 98.8 cm³/mol. The van der Waals surface area contributed by atoms with Gasteiger partial charge in [-0.05, 0) is 43.0 Å². The smallest absolute Gasteiger partial charge is 0.256 e. The number of anilines is 2. The number of ether oxygens (including phenoxy) is 1. The quantitative estimate of drug-likeness (QED) is 0.762. The fourth-order valence-corrected chi connectivity index (χ4v) is 2.83. The normalized spacial score (nSPS) is 15.9. The van der Waals surface area contributed by atoms with Gasteiger partial charge in [0, 0.05) is 18.8 Å². The van der Waals surface area contributed by atoms with E-state index in [0.717, 1.165) is 12.8 Å². The van der Waals surface area contributed by atoms with Crippen LogP contribution in [0.1, 0.15) is 23.2 Å². The number of carbonyl (C=O) groups is 2. The molecule has 26 heavy (non-hydrogen) atoms. The van der Waals surface area contributed by atoms with Gasteiger partial charge in [0.25, 0.3) is 5.91 Å². The van der Waals surface area contributed by atoms with Crippen molar-refractivity contribution in [3.8, 4) is 0 Å². The third-order valence-electron chi connectivity index (χ3n) is 4.39. The van der Waals surface area contributed by atoms with Gasteiger partial charge in [-0.2, -0.15) is 0 Å². The molecule has 0 saturated carbocycles. The van der Waals surface area contributed by atoms with Gasteiger partial charge in [-0.15, -0.1) is 0 Å². The zero-order valence-electron chi connectivity index (χ0n) is 14.4. The fourth-order valence-electron chi connectivity index (χ4n) is 2.83. The van der Waals surface area contributed by atoms with Crippen molar-refractivity contribution in [3.05, 3.63) is 54.2 Å². The van der Waals surface area contributed by atoms with E-state index in [1.54, 1.807) is 36.4 Å². The molecule has 0 spiro atoms. The number of rotatable bonds is 5. The molecule has 1 aliphatic heterocycles. The van der Waals surface area contributed by atoms with Gasteiger partial charge in [0.1, 0.15) is 5.82 Å². The van der Waals surface area contributed by atoms with E-state index in [2.05, 4.69) is 15.6 Å². The van der Waals surface area contributed by atoms with Crippen LogP contribution in [0, 0.1) is 5.92 Å². The van der Waals surface area contributed by atoms with Gasteiger partial charge >= 0.3 is 0 Å². The molecule has 1 aromatic carbocycles. The molecule has 0 bridgehead atoms. The number of nitrogens with two attached hydrogens (primary N) is 1. The summed E-state index contributed by atoms with van der Waals surface area (Å²) in [5.74, 6) is 0.0583. The molecular formula is C19H22N4O3. The number of hydrogen-bond donors (Lipinski definition) is 3. The fraction of sp³-hybridized carbons (Fsp3) is 0.316. The number of carbonyl (C=O) groups excluding carboxylic acids is 2. The van der Waals surface area contributed by atoms with Crippen LogP contribution in [0.4, 0.5) is 11.5 Å². The maximum absolute atomic E-state index is 12.3. The lowest BCUT2D eigenvalue weighted by molar-refractivity contribution is -0.119. The van der Waals surface area contributed by atoms with Crippen molar-refractivity contribution in [2.75, 3.05) is 23.8 Å². The van der Waals surface area contributed by atoms with Crippen molar-refractivity contribution in [1.82, 2.24) is 4.98 Å². The first-order valence-corrected chi connectivity index (χ1v) is 8.60. The molecule has 136 valence electrons. The molecule has 0 aliphatic carbocycles. The van der Waals surface area contributed by atoms with Crippen molar-refractivity contribution in [2.45, 2.75) is 18.9 Å². The highest BCUT2D eigenvalue weighted by Crippen LogP contribution is 2.19. The zero-order chi connectivity index (χ0) is 18.4. The van der Waals surface area contributed by atoms with Crippen LogP contribution in [-0.4, -0.2) is 36.1 Å². The second-order valence-corrected chi connectivity index (χ2v) is 6.22. The molecule has 2 amide bonds. The summed E-state index contributed by atoms with van der Waals surface area (Å²) in [6, 6.07) is 11.6. The molecule has 7 heteroatoms. The lowest BCUT2D eigenvalue weighted by Crippen LogP contribution is -2.44. The molecule has 0 radical (unpaired) electrons. The largest absolute Gasteiger partial charge is 0.381 e. The zero-order valence-corrected chi connectivity index (χ0v) is 14.4. The molecule has 1 fully saturated rings. The molecule has 1 unspecified atom stereocenters. The summed E-state index contributed by atoms with van der Waals surface area (Å²) in [4.78, 5) is 28.5. The van der Waals surface area contributed by atoms with Gasteiger partial charge in [-0.3, -0.25) is 9.59 Å². The van der Waals surface area contributed by atoms with Crippen LogP contribution in [0.3, 0.4) is 0 Å². The van der Waals surface area contributed by atoms with Gasteiger partial charge in [-0.1, -0.05) is 18.2 Å². The SMILES string of the molecule is NC(C(=O)Nc1ccc(NC(=O)c2ccccc2)nc1)C1CCOCC1. The van der Waals surface area contributed by atoms with Gasteiger partial charge < -0.3 is 21.1 Å². The van der Waals surface area contributed by atoms with Crippen LogP contribution in [-0.2, 0) is 9.53 Å². The monoisotopic (exact) mass is 354 g/mol. The summed E-state index contributed by atoms with van der Waals surface area (Å²) in [5.41, 5.74) is 7.14. The Balaban J connectivity index is 1.55. The van der Waals surface area contributed by atoms with E-state index in [9.17, 15) is 9.59 Å². The lowest BCUT2D eigenvalue weighted by Gasteiger charge is -2.26. The maximum Gasteiger partial charge on any atom is 0.256 e. The van der Waals surface area contributed by atoms with Crippen LogP contribution >= 0.6 is 0 Å². The molecule has 2 aromatic rings. The second-order valence-electron chi connectivity index (χ2n) is 6.22. The maximum atomic E-state index is 12.3. The minimum Gasteiger partial charge on any atom is -0.381 e. The van der Waals surface area contributed by atoms with E-state index in [1.165, 1.54) is 6.20 Å². The van der Waals surface area contributed by atoms with E-state index >= 15 is 0 Å². The van der Waals surface area contributed by atoms with Crippen molar-refractivity contribution in [3.63, 3.8) is 0 Å². The Morgan fingerprint density at radius 2 is 1.81 bits per heavy atom. The number of amides is 2. The van der Waals surface area contributed by atoms with Crippen molar-refractivity contribution < 1.29 is 14.3 Å². The Morgan fingerprint density at radius 1 is 1.08 bits per heavy atom. The van der Waals surface area contributed by atoms with E-state index in [-0.39, 0.29) is 17.7 Å². The standard InChI is InChI=1S/C19H22N4O3/c20-17(13-8-10-26-11-9-13)19(25)22-15-6-7-16(21-12-15)23-18(24)14-4-2-1-3-5-14/h1-7,12-13,17H,8-11,20H2,(H,22,25)(H,21,23,24). The number of benzene rings is 1. The average Bonchev–Trinajstić information content (AvgIpc) is 2.70. The molecule has 7 nitrogen and oxygen atoms in total. The van der Waals surface area contributed by atoms with Crippen LogP contribution in [0.5, 0.6) is 0 Å². The lowest BCUT2D eigenvalue weighted by atomic mass is 9.92. The van der Waals surface area contributed by atoms with E-state index in [0.29, 0.717) is 30.3 Å². The highest BCUT2D eigenvalue weighted by atomic mass is 16.5. The molecule has 3 rings (SSSR count). The van der Waals surface area contributed by atoms with Crippen molar-refractivity contribution in [2.24, 2.45) is 11.7 Å². The minimum absolute atomic E-state index is 0.126. The van der Waals surface area contributed by atoms with E-state index in [4.69, 9.17) is 10.5 Å². The topological polar surface area (TPSA) is 106 Å². The van der Waals surface area contributed by atoms with Gasteiger partial charge in [0.2, 0.25) is 5.91 Å². The second kappa shape index (κ2) is 8.55. The molecular weight excluding hydrogens is 332 g/mol. The third kappa shape index (κ3) is 4.65. The molecule has 1 saturated heterocycles. The Bertz CT molecular complexity index is 743. The predicted octanol–water partition coefficient (Wildman–Crippen LogP) is 2.03. The molecule has 1 aromatic heterocycles. The molecule has 1 atom stereocenters. The number of hydrogen-bond acceptors (Lipinski definition) is 5. The molecule has 4 N–H and O–H groups in total. The first-order valence-electron chi connectivity index (χ1n) is 8.60. The number of nitrogens with zero attached hydrogens (tertiary/aromatic N) is 1. The summed E-state index contributed by atoms with van der Waals surface area (Å²) >= 11 is 0. The van der Waals surface area contributed by atoms with Gasteiger partial charge in [0.05, 0.1) is 17.9 Å². The summed E-state index contributed by atoms with van der Waals surface area (Å²) in [5, 5.41) is 5.48. The summed E-state index contributed by atoms with van der Waals surface area (Å²) in [6.45, 7) is 1.28. The van der Waals surface area contributed by atoms with Crippen molar-refractivity contribution >= 4 is 23.3 Å². The first-order chi connectivity index (χ1) is 12.6. The number of aromatic nitrogens is 1. The van der Waals surface area contributed by atoms with Crippen LogP contribution in [0.25, 0.3) is 0 Å². The summed E-state index contributed by atoms with van der Waals surface area (Å²) < 4.78 is 5.29. The van der Waals surface area contributed by atoms with Crippen LogP contribution in [0.15, 0.2) is 48.7 Å².